The van der Waals surface area contributed by atoms with Gasteiger partial charge >= 0.3 is 0 Å². The maximum absolute atomic E-state index is 5.21. The van der Waals surface area contributed by atoms with Gasteiger partial charge in [0.15, 0.2) is 0 Å². The van der Waals surface area contributed by atoms with Crippen LogP contribution >= 0.6 is 0 Å². The van der Waals surface area contributed by atoms with Crippen molar-refractivity contribution in [2.75, 3.05) is 28.3 Å². The van der Waals surface area contributed by atoms with Gasteiger partial charge in [0.1, 0.15) is 28.7 Å². The molecular formula is C20H24N4O2. The molecule has 0 unspecified atom stereocenters. The maximum atomic E-state index is 5.21. The smallest absolute Gasteiger partial charge is 0.148 e. The van der Waals surface area contributed by atoms with Crippen molar-refractivity contribution in [1.29, 1.82) is 0 Å². The largest absolute Gasteiger partial charge is 0.497 e. The van der Waals surface area contributed by atoms with E-state index in [4.69, 9.17) is 9.47 Å². The lowest BCUT2D eigenvalue weighted by Gasteiger charge is -2.09. The summed E-state index contributed by atoms with van der Waals surface area (Å²) in [5.74, 6) is 2.24. The van der Waals surface area contributed by atoms with Crippen molar-refractivity contribution < 1.29 is 9.47 Å². The number of methoxy groups -OCH3 is 2. The number of hydrogen-bond acceptors (Lipinski definition) is 6. The van der Waals surface area contributed by atoms with Gasteiger partial charge in [0, 0.05) is 11.1 Å². The Hall–Kier alpha value is -2.99. The number of nitrogens with one attached hydrogen (secondary N) is 1. The zero-order chi connectivity index (χ0) is 18.9. The quantitative estimate of drug-likeness (QED) is 0.776. The fraction of sp³-hybridized carbons (Fsp3) is 0.250. The molecule has 6 nitrogen and oxygen atoms in total. The molecule has 3 aromatic rings. The van der Waals surface area contributed by atoms with E-state index in [1.54, 1.807) is 14.2 Å². The summed E-state index contributed by atoms with van der Waals surface area (Å²) in [7, 11) is 7.04. The number of nitrogens with zero attached hydrogens (tertiary/aromatic N) is 3. The number of aryl methyl sites for hydroxylation is 1. The zero-order valence-corrected chi connectivity index (χ0v) is 15.8. The molecule has 0 spiro atoms. The highest BCUT2D eigenvalue weighted by molar-refractivity contribution is 5.77. The maximum Gasteiger partial charge on any atom is 0.148 e. The molecule has 136 valence electrons. The number of rotatable bonds is 4. The van der Waals surface area contributed by atoms with Gasteiger partial charge < -0.3 is 14.8 Å². The van der Waals surface area contributed by atoms with Crippen LogP contribution in [0.1, 0.15) is 5.82 Å². The average molecular weight is 352 g/mol. The van der Waals surface area contributed by atoms with E-state index >= 15 is 0 Å². The van der Waals surface area contributed by atoms with Gasteiger partial charge in [0.25, 0.3) is 0 Å². The van der Waals surface area contributed by atoms with Gasteiger partial charge in [-0.2, -0.15) is 0 Å². The molecular weight excluding hydrogens is 328 g/mol. The molecule has 0 aliphatic carbocycles. The minimum atomic E-state index is 0.632. The molecule has 0 aliphatic heterocycles. The van der Waals surface area contributed by atoms with E-state index in [0.29, 0.717) is 5.82 Å². The molecule has 6 heteroatoms. The molecule has 0 saturated carbocycles. The Morgan fingerprint density at radius 1 is 0.692 bits per heavy atom. The Bertz CT molecular complexity index is 818. The van der Waals surface area contributed by atoms with Gasteiger partial charge in [-0.05, 0) is 69.6 Å². The third-order valence-electron chi connectivity index (χ3n) is 3.52. The van der Waals surface area contributed by atoms with Crippen LogP contribution in [0.4, 0.5) is 0 Å². The molecule has 2 aromatic carbocycles. The summed E-state index contributed by atoms with van der Waals surface area (Å²) in [6.07, 6.45) is 0. The van der Waals surface area contributed by atoms with E-state index in [1.807, 2.05) is 69.6 Å². The van der Waals surface area contributed by atoms with E-state index in [2.05, 4.69) is 20.5 Å². The van der Waals surface area contributed by atoms with Crippen LogP contribution in [0, 0.1) is 6.92 Å². The van der Waals surface area contributed by atoms with Gasteiger partial charge in [0.05, 0.1) is 14.2 Å². The fourth-order valence-electron chi connectivity index (χ4n) is 2.30. The van der Waals surface area contributed by atoms with E-state index in [-0.39, 0.29) is 0 Å². The highest BCUT2D eigenvalue weighted by atomic mass is 16.5. The summed E-state index contributed by atoms with van der Waals surface area (Å²) in [6.45, 7) is 1.83. The first-order valence-corrected chi connectivity index (χ1v) is 8.21. The standard InChI is InChI=1S/C18H17N3O2.C2H7N/c1-12-19-17(13-4-8-15(22-2)9-5-13)18(21-20-12)14-6-10-16(23-3)11-7-14;1-3-2/h4-11H,1-3H3;3H,1-2H3. The molecule has 0 atom stereocenters. The lowest BCUT2D eigenvalue weighted by atomic mass is 10.0. The Morgan fingerprint density at radius 2 is 1.12 bits per heavy atom. The third-order valence-corrected chi connectivity index (χ3v) is 3.52. The first-order valence-electron chi connectivity index (χ1n) is 8.21. The Morgan fingerprint density at radius 3 is 1.54 bits per heavy atom. The summed E-state index contributed by atoms with van der Waals surface area (Å²) >= 11 is 0. The third kappa shape index (κ3) is 4.77. The molecule has 0 fully saturated rings. The molecule has 1 N–H and O–H groups in total. The SMILES string of the molecule is CNC.COc1ccc(-c2nnc(C)nc2-c2ccc(OC)cc2)cc1. The van der Waals surface area contributed by atoms with E-state index in [9.17, 15) is 0 Å². The lowest BCUT2D eigenvalue weighted by Crippen LogP contribution is -1.99. The van der Waals surface area contributed by atoms with Crippen LogP contribution in [0.15, 0.2) is 48.5 Å². The van der Waals surface area contributed by atoms with Crippen LogP contribution in [-0.2, 0) is 0 Å². The summed E-state index contributed by atoms with van der Waals surface area (Å²) in [4.78, 5) is 4.57. The van der Waals surface area contributed by atoms with Crippen molar-refractivity contribution in [2.45, 2.75) is 6.92 Å². The van der Waals surface area contributed by atoms with Gasteiger partial charge in [0.2, 0.25) is 0 Å². The average Bonchev–Trinajstić information content (AvgIpc) is 2.69. The van der Waals surface area contributed by atoms with Crippen molar-refractivity contribution >= 4 is 0 Å². The predicted octanol–water partition coefficient (Wildman–Crippen LogP) is 3.37. The predicted molar refractivity (Wildman–Crippen MR) is 104 cm³/mol. The molecule has 0 bridgehead atoms. The van der Waals surface area contributed by atoms with Crippen molar-refractivity contribution in [3.8, 4) is 34.0 Å². The zero-order valence-electron chi connectivity index (χ0n) is 15.8. The topological polar surface area (TPSA) is 69.2 Å². The van der Waals surface area contributed by atoms with Crippen molar-refractivity contribution in [2.24, 2.45) is 0 Å². The van der Waals surface area contributed by atoms with Crippen molar-refractivity contribution in [3.63, 3.8) is 0 Å². The van der Waals surface area contributed by atoms with Gasteiger partial charge in [-0.3, -0.25) is 0 Å². The molecule has 0 amide bonds. The Labute approximate surface area is 154 Å². The van der Waals surface area contributed by atoms with Crippen LogP contribution in [-0.4, -0.2) is 43.5 Å². The second-order valence-corrected chi connectivity index (χ2v) is 5.51. The van der Waals surface area contributed by atoms with E-state index < -0.39 is 0 Å². The molecule has 1 aromatic heterocycles. The molecule has 26 heavy (non-hydrogen) atoms. The monoisotopic (exact) mass is 352 g/mol. The lowest BCUT2D eigenvalue weighted by molar-refractivity contribution is 0.414. The molecule has 0 aliphatic rings. The minimum Gasteiger partial charge on any atom is -0.497 e. The number of hydrogen-bond donors (Lipinski definition) is 1. The minimum absolute atomic E-state index is 0.632. The number of aromatic nitrogens is 3. The molecule has 0 radical (unpaired) electrons. The van der Waals surface area contributed by atoms with Crippen LogP contribution in [0.5, 0.6) is 11.5 Å². The van der Waals surface area contributed by atoms with E-state index in [1.165, 1.54) is 0 Å². The molecule has 1 heterocycles. The van der Waals surface area contributed by atoms with Crippen LogP contribution < -0.4 is 14.8 Å². The number of ether oxygens (including phenoxy) is 2. The van der Waals surface area contributed by atoms with Crippen LogP contribution in [0.25, 0.3) is 22.5 Å². The van der Waals surface area contributed by atoms with Crippen molar-refractivity contribution in [3.05, 3.63) is 54.4 Å². The molecule has 3 rings (SSSR count). The van der Waals surface area contributed by atoms with E-state index in [0.717, 1.165) is 34.0 Å². The fourth-order valence-corrected chi connectivity index (χ4v) is 2.30. The number of benzene rings is 2. The summed E-state index contributed by atoms with van der Waals surface area (Å²) in [5, 5.41) is 11.2. The first kappa shape index (κ1) is 19.3. The highest BCUT2D eigenvalue weighted by Crippen LogP contribution is 2.30. The molecule has 0 saturated heterocycles. The van der Waals surface area contributed by atoms with Crippen molar-refractivity contribution in [1.82, 2.24) is 20.5 Å². The first-order chi connectivity index (χ1) is 12.6. The van der Waals surface area contributed by atoms with Gasteiger partial charge in [-0.15, -0.1) is 10.2 Å². The van der Waals surface area contributed by atoms with Crippen LogP contribution in [0.3, 0.4) is 0 Å². The summed E-state index contributed by atoms with van der Waals surface area (Å²) in [5.41, 5.74) is 3.44. The highest BCUT2D eigenvalue weighted by Gasteiger charge is 2.12. The van der Waals surface area contributed by atoms with Crippen LogP contribution in [0.2, 0.25) is 0 Å². The normalized spacial score (nSPS) is 9.88. The Balaban J connectivity index is 0.000000758. The second kappa shape index (κ2) is 9.48. The summed E-state index contributed by atoms with van der Waals surface area (Å²) < 4.78 is 10.4. The summed E-state index contributed by atoms with van der Waals surface area (Å²) in [6, 6.07) is 15.4. The van der Waals surface area contributed by atoms with Gasteiger partial charge in [-0.25, -0.2) is 4.98 Å². The van der Waals surface area contributed by atoms with Gasteiger partial charge in [-0.1, -0.05) is 0 Å². The second-order valence-electron chi connectivity index (χ2n) is 5.51. The Kier molecular flexibility index (Phi) is 7.05.